The van der Waals surface area contributed by atoms with Crippen LogP contribution < -0.4 is 15.8 Å². The van der Waals surface area contributed by atoms with Crippen LogP contribution in [0.5, 0.6) is 0 Å². The van der Waals surface area contributed by atoms with Crippen molar-refractivity contribution < 1.29 is 17.9 Å². The molecule has 0 aromatic heterocycles. The van der Waals surface area contributed by atoms with Crippen LogP contribution in [0.25, 0.3) is 11.1 Å². The monoisotopic (exact) mass is 508 g/mol. The topological polar surface area (TPSA) is 140 Å². The molecule has 0 heterocycles. The molecule has 5 N–H and O–H groups in total. The van der Waals surface area contributed by atoms with Crippen molar-refractivity contribution in [2.45, 2.75) is 37.7 Å². The molecule has 0 fully saturated rings. The summed E-state index contributed by atoms with van der Waals surface area (Å²) in [6.07, 6.45) is 1.30. The molecule has 0 saturated carbocycles. The van der Waals surface area contributed by atoms with Crippen molar-refractivity contribution >= 4 is 27.5 Å². The molecule has 0 spiro atoms. The van der Waals surface area contributed by atoms with E-state index in [4.69, 9.17) is 21.0 Å². The van der Waals surface area contributed by atoms with Crippen LogP contribution in [0.2, 0.25) is 0 Å². The number of rotatable bonds is 11. The van der Waals surface area contributed by atoms with Gasteiger partial charge in [-0.25, -0.2) is 13.6 Å². The maximum absolute atomic E-state index is 12.4. The number of hydrogen-bond acceptors (Lipinski definition) is 6. The molecule has 0 aliphatic carbocycles. The second-order valence-electron chi connectivity index (χ2n) is 8.77. The van der Waals surface area contributed by atoms with Crippen molar-refractivity contribution in [3.63, 3.8) is 0 Å². The van der Waals surface area contributed by atoms with E-state index in [1.165, 1.54) is 6.07 Å². The van der Waals surface area contributed by atoms with Gasteiger partial charge in [0.2, 0.25) is 10.0 Å². The van der Waals surface area contributed by atoms with Crippen LogP contribution in [-0.4, -0.2) is 39.4 Å². The summed E-state index contributed by atoms with van der Waals surface area (Å²) < 4.78 is 29.2. The van der Waals surface area contributed by atoms with Gasteiger partial charge in [0.25, 0.3) is 0 Å². The second kappa shape index (κ2) is 11.8. The van der Waals surface area contributed by atoms with Crippen LogP contribution in [0.3, 0.4) is 0 Å². The molecule has 3 aromatic rings. The van der Waals surface area contributed by atoms with Gasteiger partial charge in [0, 0.05) is 23.4 Å². The van der Waals surface area contributed by atoms with E-state index < -0.39 is 10.0 Å². The highest BCUT2D eigenvalue weighted by atomic mass is 32.2. The van der Waals surface area contributed by atoms with Gasteiger partial charge in [0.05, 0.1) is 11.0 Å². The average Bonchev–Trinajstić information content (AvgIpc) is 2.83. The molecule has 9 heteroatoms. The first-order valence-electron chi connectivity index (χ1n) is 11.6. The summed E-state index contributed by atoms with van der Waals surface area (Å²) in [6, 6.07) is 21.6. The number of carbonyl (C=O) groups is 1. The standard InChI is InChI=1S/C27H32N4O4S/c1-19(2)35-26(32)18-31(23-9-5-8-22(17-23)27(28)29)16-6-7-20-12-14-21(15-13-20)24-10-3-4-11-25(24)36(30,33)34/h3-5,8-15,17,19H,6-7,16,18H2,1-2H3,(H3,28,29)(H2,30,33,34). The van der Waals surface area contributed by atoms with Gasteiger partial charge in [0.1, 0.15) is 12.4 Å². The largest absolute Gasteiger partial charge is 0.462 e. The molecule has 0 atom stereocenters. The molecule has 8 nitrogen and oxygen atoms in total. The van der Waals surface area contributed by atoms with E-state index in [0.29, 0.717) is 17.7 Å². The number of carbonyl (C=O) groups excluding carboxylic acids is 1. The predicted octanol–water partition coefficient (Wildman–Crippen LogP) is 3.68. The number of esters is 1. The smallest absolute Gasteiger partial charge is 0.325 e. The number of nitrogens with two attached hydrogens (primary N) is 2. The minimum absolute atomic E-state index is 0.0364. The van der Waals surface area contributed by atoms with E-state index in [1.807, 2.05) is 55.1 Å². The van der Waals surface area contributed by atoms with Crippen molar-refractivity contribution in [1.82, 2.24) is 0 Å². The van der Waals surface area contributed by atoms with Crippen molar-refractivity contribution in [3.05, 3.63) is 83.9 Å². The summed E-state index contributed by atoms with van der Waals surface area (Å²) in [5.74, 6) is -0.359. The molecule has 190 valence electrons. The number of hydrogen-bond donors (Lipinski definition) is 3. The Morgan fingerprint density at radius 1 is 1.03 bits per heavy atom. The molecule has 0 amide bonds. The van der Waals surface area contributed by atoms with Gasteiger partial charge < -0.3 is 15.4 Å². The summed E-state index contributed by atoms with van der Waals surface area (Å²) in [5, 5.41) is 13.1. The van der Waals surface area contributed by atoms with Gasteiger partial charge >= 0.3 is 5.97 Å². The lowest BCUT2D eigenvalue weighted by Gasteiger charge is -2.25. The average molecular weight is 509 g/mol. The number of anilines is 1. The van der Waals surface area contributed by atoms with E-state index in [2.05, 4.69) is 0 Å². The Hall–Kier alpha value is -3.69. The van der Waals surface area contributed by atoms with E-state index in [0.717, 1.165) is 29.7 Å². The van der Waals surface area contributed by atoms with Gasteiger partial charge in [-0.05, 0) is 56.0 Å². The molecular formula is C27H32N4O4S. The number of benzene rings is 3. The number of amidine groups is 1. The Morgan fingerprint density at radius 2 is 1.72 bits per heavy atom. The molecule has 36 heavy (non-hydrogen) atoms. The Bertz CT molecular complexity index is 1320. The third-order valence-corrected chi connectivity index (χ3v) is 6.53. The summed E-state index contributed by atoms with van der Waals surface area (Å²) in [7, 11) is -3.83. The van der Waals surface area contributed by atoms with Crippen LogP contribution in [0, 0.1) is 5.41 Å². The maximum Gasteiger partial charge on any atom is 0.325 e. The quantitative estimate of drug-likeness (QED) is 0.205. The summed E-state index contributed by atoms with van der Waals surface area (Å²) in [6.45, 7) is 4.29. The first-order valence-corrected chi connectivity index (χ1v) is 13.2. The normalized spacial score (nSPS) is 11.3. The zero-order valence-corrected chi connectivity index (χ0v) is 21.3. The highest BCUT2D eigenvalue weighted by Crippen LogP contribution is 2.27. The van der Waals surface area contributed by atoms with Gasteiger partial charge in [0.15, 0.2) is 0 Å². The number of primary sulfonamides is 1. The summed E-state index contributed by atoms with van der Waals surface area (Å²) in [5.41, 5.74) is 9.43. The SMILES string of the molecule is CC(C)OC(=O)CN(CCCc1ccc(-c2ccccc2S(N)(=O)=O)cc1)c1cccc(C(=N)N)c1. The predicted molar refractivity (Wildman–Crippen MR) is 142 cm³/mol. The molecule has 0 aliphatic heterocycles. The van der Waals surface area contributed by atoms with Crippen molar-refractivity contribution in [2.75, 3.05) is 18.0 Å². The lowest BCUT2D eigenvalue weighted by Crippen LogP contribution is -2.33. The molecule has 0 saturated heterocycles. The Morgan fingerprint density at radius 3 is 2.36 bits per heavy atom. The number of sulfonamides is 1. The van der Waals surface area contributed by atoms with Crippen molar-refractivity contribution in [1.29, 1.82) is 5.41 Å². The molecule has 0 radical (unpaired) electrons. The first-order chi connectivity index (χ1) is 17.0. The van der Waals surface area contributed by atoms with E-state index >= 15 is 0 Å². The fourth-order valence-electron chi connectivity index (χ4n) is 3.90. The minimum Gasteiger partial charge on any atom is -0.462 e. The molecule has 3 aromatic carbocycles. The first kappa shape index (κ1) is 26.9. The van der Waals surface area contributed by atoms with Gasteiger partial charge in [-0.1, -0.05) is 54.6 Å². The number of nitrogens with zero attached hydrogens (tertiary/aromatic N) is 1. The number of aryl methyl sites for hydroxylation is 1. The van der Waals surface area contributed by atoms with Crippen molar-refractivity contribution in [3.8, 4) is 11.1 Å². The van der Waals surface area contributed by atoms with Crippen LogP contribution in [0.15, 0.2) is 77.7 Å². The number of nitrogens with one attached hydrogen (secondary N) is 1. The Labute approximate surface area is 212 Å². The lowest BCUT2D eigenvalue weighted by molar-refractivity contribution is -0.145. The fraction of sp³-hybridized carbons (Fsp3) is 0.259. The van der Waals surface area contributed by atoms with Gasteiger partial charge in [-0.3, -0.25) is 10.2 Å². The maximum atomic E-state index is 12.4. The van der Waals surface area contributed by atoms with E-state index in [1.54, 1.807) is 30.3 Å². The second-order valence-corrected chi connectivity index (χ2v) is 10.3. The third kappa shape index (κ3) is 7.40. The molecule has 0 unspecified atom stereocenters. The fourth-order valence-corrected chi connectivity index (χ4v) is 4.66. The molecular weight excluding hydrogens is 476 g/mol. The van der Waals surface area contributed by atoms with Crippen LogP contribution >= 0.6 is 0 Å². The van der Waals surface area contributed by atoms with Gasteiger partial charge in [-0.15, -0.1) is 0 Å². The highest BCUT2D eigenvalue weighted by molar-refractivity contribution is 7.89. The van der Waals surface area contributed by atoms with E-state index in [9.17, 15) is 13.2 Å². The molecule has 0 bridgehead atoms. The van der Waals surface area contributed by atoms with Crippen molar-refractivity contribution in [2.24, 2.45) is 10.9 Å². The third-order valence-electron chi connectivity index (χ3n) is 5.56. The Balaban J connectivity index is 1.72. The summed E-state index contributed by atoms with van der Waals surface area (Å²) in [4.78, 5) is 14.4. The van der Waals surface area contributed by atoms with Crippen LogP contribution in [-0.2, 0) is 26.0 Å². The number of nitrogen functional groups attached to an aromatic ring is 1. The highest BCUT2D eigenvalue weighted by Gasteiger charge is 2.16. The lowest BCUT2D eigenvalue weighted by atomic mass is 10.0. The minimum atomic E-state index is -3.83. The van der Waals surface area contributed by atoms with Gasteiger partial charge in [-0.2, -0.15) is 0 Å². The van der Waals surface area contributed by atoms with Crippen LogP contribution in [0.1, 0.15) is 31.4 Å². The van der Waals surface area contributed by atoms with E-state index in [-0.39, 0.29) is 29.3 Å². The van der Waals surface area contributed by atoms with Crippen LogP contribution in [0.4, 0.5) is 5.69 Å². The molecule has 0 aliphatic rings. The summed E-state index contributed by atoms with van der Waals surface area (Å²) >= 11 is 0. The zero-order valence-electron chi connectivity index (χ0n) is 20.5. The molecule has 3 rings (SSSR count). The zero-order chi connectivity index (χ0) is 26.3. The number of ether oxygens (including phenoxy) is 1. The Kier molecular flexibility index (Phi) is 8.84.